The highest BCUT2D eigenvalue weighted by molar-refractivity contribution is 7.59. The Labute approximate surface area is 158 Å². The quantitative estimate of drug-likeness (QED) is 0.152. The van der Waals surface area contributed by atoms with E-state index in [0.29, 0.717) is 0 Å². The molecule has 12 heteroatoms. The number of Topliss-reactive ketones (excluding diaryl/α,β-unsaturated/α-hetero) is 2. The second-order valence-corrected chi connectivity index (χ2v) is 5.07. The van der Waals surface area contributed by atoms with Gasteiger partial charge in [-0.25, -0.2) is 5.48 Å². The summed E-state index contributed by atoms with van der Waals surface area (Å²) < 4.78 is 0. The van der Waals surface area contributed by atoms with Crippen LogP contribution in [0.15, 0.2) is 0 Å². The van der Waals surface area contributed by atoms with Gasteiger partial charge in [-0.1, -0.05) is 0 Å². The van der Waals surface area contributed by atoms with E-state index in [9.17, 15) is 24.0 Å². The van der Waals surface area contributed by atoms with Gasteiger partial charge in [0.05, 0.1) is 6.04 Å². The number of hydrogen-bond acceptors (Lipinski definition) is 7. The Hall–Kier alpha value is -1.63. The Kier molecular flexibility index (Phi) is 16.6. The number of carbonyl (C=O) groups is 5. The molecule has 0 spiro atoms. The predicted octanol–water partition coefficient (Wildman–Crippen LogP) is -1.29. The van der Waals surface area contributed by atoms with E-state index in [1.54, 1.807) is 0 Å². The van der Waals surface area contributed by atoms with E-state index in [-0.39, 0.29) is 59.1 Å². The molecule has 7 N–H and O–H groups in total. The van der Waals surface area contributed by atoms with Gasteiger partial charge in [0.25, 0.3) is 0 Å². The van der Waals surface area contributed by atoms with E-state index in [2.05, 4.69) is 0 Å². The third-order valence-electron chi connectivity index (χ3n) is 3.20. The van der Waals surface area contributed by atoms with Crippen molar-refractivity contribution in [2.45, 2.75) is 44.6 Å². The number of hydrogen-bond donors (Lipinski definition) is 5. The smallest absolute Gasteiger partial charge is 0.310 e. The minimum Gasteiger partial charge on any atom is -0.481 e. The molecule has 0 heterocycles. The van der Waals surface area contributed by atoms with Crippen molar-refractivity contribution in [3.05, 3.63) is 0 Å². The van der Waals surface area contributed by atoms with Crippen molar-refractivity contribution in [3.63, 3.8) is 0 Å². The number of nitrogens with two attached hydrogens (primary N) is 2. The maximum absolute atomic E-state index is 12.0. The summed E-state index contributed by atoms with van der Waals surface area (Å²) in [6.07, 6.45) is -0.565. The zero-order chi connectivity index (χ0) is 18.0. The number of hydroxylamine groups is 1. The van der Waals surface area contributed by atoms with Gasteiger partial charge < -0.3 is 16.6 Å². The van der Waals surface area contributed by atoms with E-state index in [1.165, 1.54) is 5.48 Å². The van der Waals surface area contributed by atoms with Crippen LogP contribution in [0.5, 0.6) is 0 Å². The van der Waals surface area contributed by atoms with Crippen molar-refractivity contribution < 1.29 is 34.3 Å². The molecule has 0 aromatic heterocycles. The van der Waals surface area contributed by atoms with Crippen molar-refractivity contribution in [2.24, 2.45) is 17.4 Å². The van der Waals surface area contributed by atoms with Gasteiger partial charge in [0, 0.05) is 25.2 Å². The minimum absolute atomic E-state index is 0. The lowest BCUT2D eigenvalue weighted by molar-refractivity contribution is -0.146. The van der Waals surface area contributed by atoms with Crippen LogP contribution in [-0.2, 0) is 24.0 Å². The zero-order valence-corrected chi connectivity index (χ0v) is 15.5. The van der Waals surface area contributed by atoms with E-state index in [4.69, 9.17) is 21.8 Å². The SMILES string of the molecule is NC(=O)CC[C@H](CC(=O)[C@@H](N)CCCC(=O)O)C(=O)C(=O)NO.S.S. The molecule has 10 nitrogen and oxygen atoms in total. The number of rotatable bonds is 12. The summed E-state index contributed by atoms with van der Waals surface area (Å²) in [5.41, 5.74) is 11.8. The lowest BCUT2D eigenvalue weighted by Crippen LogP contribution is -2.38. The summed E-state index contributed by atoms with van der Waals surface area (Å²) in [5, 5.41) is 17.0. The number of primary amides is 1. The first kappa shape index (κ1) is 28.2. The molecule has 0 aliphatic carbocycles. The van der Waals surface area contributed by atoms with E-state index < -0.39 is 47.7 Å². The summed E-state index contributed by atoms with van der Waals surface area (Å²) in [5.74, 6) is -5.74. The van der Waals surface area contributed by atoms with Crippen LogP contribution in [0.2, 0.25) is 0 Å². The first-order valence-electron chi connectivity index (χ1n) is 6.95. The van der Waals surface area contributed by atoms with Gasteiger partial charge in [0.1, 0.15) is 5.78 Å². The number of carbonyl (C=O) groups excluding carboxylic acids is 4. The molecule has 0 aromatic rings. The van der Waals surface area contributed by atoms with Crippen LogP contribution in [0.3, 0.4) is 0 Å². The molecule has 0 unspecified atom stereocenters. The van der Waals surface area contributed by atoms with Crippen LogP contribution < -0.4 is 16.9 Å². The van der Waals surface area contributed by atoms with Crippen LogP contribution in [0.25, 0.3) is 0 Å². The van der Waals surface area contributed by atoms with Crippen molar-refractivity contribution >= 4 is 56.3 Å². The summed E-state index contributed by atoms with van der Waals surface area (Å²) in [6, 6.07) is -0.976. The fraction of sp³-hybridized carbons (Fsp3) is 0.615. The highest BCUT2D eigenvalue weighted by Crippen LogP contribution is 2.16. The predicted molar refractivity (Wildman–Crippen MR) is 96.7 cm³/mol. The third-order valence-corrected chi connectivity index (χ3v) is 3.20. The van der Waals surface area contributed by atoms with E-state index in [0.717, 1.165) is 0 Å². The second-order valence-electron chi connectivity index (χ2n) is 5.07. The van der Waals surface area contributed by atoms with E-state index >= 15 is 0 Å². The highest BCUT2D eigenvalue weighted by Gasteiger charge is 2.29. The Balaban J connectivity index is -0.00000242. The topological polar surface area (TPSA) is 190 Å². The molecule has 0 aliphatic heterocycles. The van der Waals surface area contributed by atoms with Crippen LogP contribution in [0.4, 0.5) is 0 Å². The Morgan fingerprint density at radius 1 is 1.00 bits per heavy atom. The monoisotopic (exact) mass is 399 g/mol. The first-order chi connectivity index (χ1) is 10.7. The number of ketones is 2. The molecule has 25 heavy (non-hydrogen) atoms. The number of nitrogens with one attached hydrogen (secondary N) is 1. The molecule has 2 amide bonds. The van der Waals surface area contributed by atoms with Crippen LogP contribution in [0, 0.1) is 5.92 Å². The summed E-state index contributed by atoms with van der Waals surface area (Å²) in [4.78, 5) is 56.0. The standard InChI is InChI=1S/C13H21N3O7.2H2S/c14-8(2-1-3-11(19)20)9(17)6-7(4-5-10(15)18)12(21)13(22)16-23;;/h7-8,23H,1-6,14H2,(H2,15,18)(H,16,22)(H,19,20);2*1H2/t7-,8+;;/m1../s1. The molecule has 0 aliphatic rings. The van der Waals surface area contributed by atoms with E-state index in [1.807, 2.05) is 0 Å². The fourth-order valence-corrected chi connectivity index (χ4v) is 1.91. The number of carboxylic acid groups (broad SMARTS) is 1. The Bertz CT molecular complexity index is 488. The maximum Gasteiger partial charge on any atom is 0.310 e. The molecule has 0 saturated carbocycles. The van der Waals surface area contributed by atoms with Crippen molar-refractivity contribution in [3.8, 4) is 0 Å². The lowest BCUT2D eigenvalue weighted by atomic mass is 9.89. The summed E-state index contributed by atoms with van der Waals surface area (Å²) >= 11 is 0. The highest BCUT2D eigenvalue weighted by atomic mass is 32.1. The largest absolute Gasteiger partial charge is 0.481 e. The number of carboxylic acids is 1. The fourth-order valence-electron chi connectivity index (χ4n) is 1.91. The van der Waals surface area contributed by atoms with Gasteiger partial charge in [-0.3, -0.25) is 29.2 Å². The molecule has 0 radical (unpaired) electrons. The van der Waals surface area contributed by atoms with Crippen molar-refractivity contribution in [1.29, 1.82) is 0 Å². The number of amides is 2. The van der Waals surface area contributed by atoms with Gasteiger partial charge in [-0.05, 0) is 19.3 Å². The summed E-state index contributed by atoms with van der Waals surface area (Å²) in [7, 11) is 0. The molecule has 146 valence electrons. The minimum atomic E-state index is -1.30. The number of aliphatic carboxylic acids is 1. The van der Waals surface area contributed by atoms with Crippen molar-refractivity contribution in [2.75, 3.05) is 0 Å². The van der Waals surface area contributed by atoms with Gasteiger partial charge in [-0.15, -0.1) is 0 Å². The molecule has 0 saturated heterocycles. The summed E-state index contributed by atoms with van der Waals surface area (Å²) in [6.45, 7) is 0. The van der Waals surface area contributed by atoms with Gasteiger partial charge >= 0.3 is 11.9 Å². The molecule has 0 fully saturated rings. The van der Waals surface area contributed by atoms with Crippen LogP contribution >= 0.6 is 27.0 Å². The normalized spacial score (nSPS) is 11.9. The third kappa shape index (κ3) is 12.4. The van der Waals surface area contributed by atoms with Crippen LogP contribution in [-0.4, -0.2) is 45.7 Å². The first-order valence-corrected chi connectivity index (χ1v) is 6.95. The van der Waals surface area contributed by atoms with Gasteiger partial charge in [0.15, 0.2) is 0 Å². The van der Waals surface area contributed by atoms with Gasteiger partial charge in [0.2, 0.25) is 11.7 Å². The maximum atomic E-state index is 12.0. The second kappa shape index (κ2) is 14.7. The van der Waals surface area contributed by atoms with Gasteiger partial charge in [-0.2, -0.15) is 27.0 Å². The Morgan fingerprint density at radius 2 is 1.56 bits per heavy atom. The van der Waals surface area contributed by atoms with Crippen molar-refractivity contribution in [1.82, 2.24) is 5.48 Å². The van der Waals surface area contributed by atoms with Crippen LogP contribution in [0.1, 0.15) is 38.5 Å². The average Bonchev–Trinajstić information content (AvgIpc) is 2.48. The average molecular weight is 399 g/mol. The molecule has 0 bridgehead atoms. The zero-order valence-electron chi connectivity index (χ0n) is 13.5. The molecule has 0 aromatic carbocycles. The Morgan fingerprint density at radius 3 is 2.00 bits per heavy atom. The molecular weight excluding hydrogens is 374 g/mol. The molecule has 2 atom stereocenters. The molecule has 0 rings (SSSR count). The lowest BCUT2D eigenvalue weighted by Gasteiger charge is -2.16. The molecular formula is C13H25N3O7S2.